The number of aromatic nitrogens is 1. The van der Waals surface area contributed by atoms with Crippen molar-refractivity contribution in [3.8, 4) is 0 Å². The van der Waals surface area contributed by atoms with Crippen molar-refractivity contribution in [2.45, 2.75) is 44.8 Å². The van der Waals surface area contributed by atoms with Crippen molar-refractivity contribution < 1.29 is 4.80 Å². The van der Waals surface area contributed by atoms with Gasteiger partial charge in [-0.15, -0.1) is 0 Å². The Morgan fingerprint density at radius 3 is 2.55 bits per heavy atom. The van der Waals surface area contributed by atoms with Gasteiger partial charge in [-0.25, -0.2) is 0 Å². The number of rotatable bonds is 4. The summed E-state index contributed by atoms with van der Waals surface area (Å²) in [4.78, 5) is 15.1. The topological polar surface area (TPSA) is 33.1 Å². The predicted molar refractivity (Wildman–Crippen MR) is 91.5 cm³/mol. The van der Waals surface area contributed by atoms with Crippen molar-refractivity contribution in [2.75, 3.05) is 0 Å². The lowest BCUT2D eigenvalue weighted by Crippen LogP contribution is -2.39. The molecule has 2 nitrogen and oxygen atoms in total. The quantitative estimate of drug-likeness (QED) is 0.794. The molecule has 4 heteroatoms. The maximum absolute atomic E-state index is 10.3. The number of pyridine rings is 1. The lowest BCUT2D eigenvalue weighted by atomic mass is 10.0. The van der Waals surface area contributed by atoms with E-state index in [-0.39, 0.29) is 5.04 Å². The molecule has 0 fully saturated rings. The van der Waals surface area contributed by atoms with Crippen molar-refractivity contribution in [1.82, 2.24) is 4.98 Å². The molecule has 0 amide bonds. The van der Waals surface area contributed by atoms with Gasteiger partial charge in [-0.3, -0.25) is 4.98 Å². The van der Waals surface area contributed by atoms with E-state index in [0.717, 1.165) is 33.9 Å². The number of aryl methyl sites for hydroxylation is 1. The van der Waals surface area contributed by atoms with E-state index < -0.39 is 8.32 Å². The highest BCUT2D eigenvalue weighted by Gasteiger charge is 2.37. The fourth-order valence-corrected chi connectivity index (χ4v) is 3.14. The standard InChI is InChI=1S/C16H22BrNOSi/c1-16(2,20(3,4)19)10-9-14-7-5-12-11-13(17)6-8-15(12)18-14/h5-8,11,19H,9-10H2,1-4H3. The van der Waals surface area contributed by atoms with Crippen molar-refractivity contribution in [1.29, 1.82) is 0 Å². The maximum Gasteiger partial charge on any atom is 0.188 e. The summed E-state index contributed by atoms with van der Waals surface area (Å²) in [5.41, 5.74) is 2.13. The van der Waals surface area contributed by atoms with Crippen LogP contribution in [0.2, 0.25) is 18.1 Å². The Morgan fingerprint density at radius 1 is 1.20 bits per heavy atom. The minimum absolute atomic E-state index is 0.00333. The summed E-state index contributed by atoms with van der Waals surface area (Å²) in [6, 6.07) is 10.4. The van der Waals surface area contributed by atoms with Gasteiger partial charge in [0.1, 0.15) is 0 Å². The van der Waals surface area contributed by atoms with Crippen molar-refractivity contribution >= 4 is 35.2 Å². The molecule has 20 heavy (non-hydrogen) atoms. The van der Waals surface area contributed by atoms with Crippen molar-refractivity contribution in [3.63, 3.8) is 0 Å². The highest BCUT2D eigenvalue weighted by Crippen LogP contribution is 2.39. The highest BCUT2D eigenvalue weighted by atomic mass is 79.9. The average Bonchev–Trinajstić information content (AvgIpc) is 2.35. The first-order valence-electron chi connectivity index (χ1n) is 6.97. The predicted octanol–water partition coefficient (Wildman–Crippen LogP) is 4.91. The summed E-state index contributed by atoms with van der Waals surface area (Å²) < 4.78 is 1.08. The second-order valence-corrected chi connectivity index (χ2v) is 12.0. The van der Waals surface area contributed by atoms with E-state index in [9.17, 15) is 4.80 Å². The van der Waals surface area contributed by atoms with Crippen LogP contribution in [0, 0.1) is 0 Å². The summed E-state index contributed by atoms with van der Waals surface area (Å²) in [5.74, 6) is 0. The van der Waals surface area contributed by atoms with Crippen LogP contribution in [-0.2, 0) is 6.42 Å². The highest BCUT2D eigenvalue weighted by molar-refractivity contribution is 9.10. The van der Waals surface area contributed by atoms with Crippen LogP contribution in [0.1, 0.15) is 26.0 Å². The first-order valence-corrected chi connectivity index (χ1v) is 10.7. The molecule has 0 atom stereocenters. The summed E-state index contributed by atoms with van der Waals surface area (Å²) >= 11 is 3.48. The van der Waals surface area contributed by atoms with E-state index in [1.54, 1.807) is 0 Å². The van der Waals surface area contributed by atoms with E-state index in [1.807, 2.05) is 25.2 Å². The zero-order valence-corrected chi connectivity index (χ0v) is 15.2. The molecule has 0 radical (unpaired) electrons. The molecule has 0 spiro atoms. The molecule has 1 heterocycles. The fourth-order valence-electron chi connectivity index (χ4n) is 2.02. The molecule has 0 saturated heterocycles. The van der Waals surface area contributed by atoms with Crippen LogP contribution < -0.4 is 0 Å². The number of fused-ring (bicyclic) bond motifs is 1. The SMILES string of the molecule is CC(C)(CCc1ccc2cc(Br)ccc2n1)[Si](C)(C)O. The molecule has 0 unspecified atom stereocenters. The second kappa shape index (κ2) is 5.58. The summed E-state index contributed by atoms with van der Waals surface area (Å²) in [6.07, 6.45) is 1.88. The third kappa shape index (κ3) is 3.48. The number of halogens is 1. The van der Waals surface area contributed by atoms with Gasteiger partial charge < -0.3 is 4.80 Å². The zero-order valence-electron chi connectivity index (χ0n) is 12.6. The van der Waals surface area contributed by atoms with Crippen LogP contribution in [0.5, 0.6) is 0 Å². The Hall–Kier alpha value is -0.713. The smallest absolute Gasteiger partial charge is 0.188 e. The molecule has 1 aromatic heterocycles. The average molecular weight is 352 g/mol. The molecule has 1 aromatic carbocycles. The Kier molecular flexibility index (Phi) is 4.37. The zero-order chi connectivity index (χ0) is 15.0. The van der Waals surface area contributed by atoms with E-state index in [0.29, 0.717) is 0 Å². The fraction of sp³-hybridized carbons (Fsp3) is 0.438. The van der Waals surface area contributed by atoms with Gasteiger partial charge in [0.25, 0.3) is 0 Å². The van der Waals surface area contributed by atoms with E-state index in [1.165, 1.54) is 0 Å². The van der Waals surface area contributed by atoms with Gasteiger partial charge in [0.05, 0.1) is 5.52 Å². The molecule has 0 saturated carbocycles. The lowest BCUT2D eigenvalue weighted by Gasteiger charge is -2.35. The third-order valence-corrected chi connectivity index (χ3v) is 8.43. The van der Waals surface area contributed by atoms with E-state index in [4.69, 9.17) is 4.98 Å². The largest absolute Gasteiger partial charge is 0.432 e. The van der Waals surface area contributed by atoms with Crippen LogP contribution in [0.25, 0.3) is 10.9 Å². The second-order valence-electron chi connectivity index (χ2n) is 6.58. The van der Waals surface area contributed by atoms with Gasteiger partial charge in [0, 0.05) is 15.6 Å². The third-order valence-electron chi connectivity index (χ3n) is 4.37. The van der Waals surface area contributed by atoms with Crippen LogP contribution in [-0.4, -0.2) is 18.1 Å². The van der Waals surface area contributed by atoms with Gasteiger partial charge in [0.2, 0.25) is 0 Å². The van der Waals surface area contributed by atoms with Crippen LogP contribution >= 0.6 is 15.9 Å². The minimum Gasteiger partial charge on any atom is -0.432 e. The van der Waals surface area contributed by atoms with Crippen molar-refractivity contribution in [3.05, 3.63) is 40.5 Å². The number of nitrogens with zero attached hydrogens (tertiary/aromatic N) is 1. The molecule has 0 bridgehead atoms. The Bertz CT molecular complexity index is 619. The van der Waals surface area contributed by atoms with Crippen molar-refractivity contribution in [2.24, 2.45) is 0 Å². The molecule has 108 valence electrons. The van der Waals surface area contributed by atoms with E-state index >= 15 is 0 Å². The van der Waals surface area contributed by atoms with Gasteiger partial charge in [-0.2, -0.15) is 0 Å². The Labute approximate surface area is 130 Å². The molecular weight excluding hydrogens is 330 g/mol. The number of hydrogen-bond acceptors (Lipinski definition) is 2. The van der Waals surface area contributed by atoms with Gasteiger partial charge in [0.15, 0.2) is 8.32 Å². The molecule has 0 aliphatic rings. The van der Waals surface area contributed by atoms with Crippen LogP contribution in [0.15, 0.2) is 34.8 Å². The lowest BCUT2D eigenvalue weighted by molar-refractivity contribution is 0.450. The summed E-state index contributed by atoms with van der Waals surface area (Å²) in [6.45, 7) is 8.35. The summed E-state index contributed by atoms with van der Waals surface area (Å²) in [7, 11) is -2.13. The molecular formula is C16H22BrNOSi. The first kappa shape index (κ1) is 15.7. The molecule has 2 aromatic rings. The number of hydrogen-bond donors (Lipinski definition) is 1. The van der Waals surface area contributed by atoms with Crippen LogP contribution in [0.4, 0.5) is 0 Å². The first-order chi connectivity index (χ1) is 9.19. The number of benzene rings is 1. The normalized spacial score (nSPS) is 12.9. The monoisotopic (exact) mass is 351 g/mol. The van der Waals surface area contributed by atoms with Gasteiger partial charge >= 0.3 is 0 Å². The Balaban J connectivity index is 2.17. The summed E-state index contributed by atoms with van der Waals surface area (Å²) in [5, 5.41) is 1.16. The molecule has 0 aliphatic carbocycles. The maximum atomic E-state index is 10.3. The molecule has 0 aliphatic heterocycles. The molecule has 2 rings (SSSR count). The van der Waals surface area contributed by atoms with E-state index in [2.05, 4.69) is 48.0 Å². The van der Waals surface area contributed by atoms with Crippen LogP contribution in [0.3, 0.4) is 0 Å². The molecule has 1 N–H and O–H groups in total. The van der Waals surface area contributed by atoms with Gasteiger partial charge in [-0.1, -0.05) is 35.8 Å². The Morgan fingerprint density at radius 2 is 1.90 bits per heavy atom. The minimum atomic E-state index is -2.13. The van der Waals surface area contributed by atoms with Gasteiger partial charge in [-0.05, 0) is 55.2 Å².